The number of benzene rings is 2. The molecule has 1 aromatic heterocycles. The minimum absolute atomic E-state index is 0.280. The monoisotopic (exact) mass is 390 g/mol. The molecule has 0 bridgehead atoms. The molecule has 2 amide bonds. The van der Waals surface area contributed by atoms with E-state index in [1.165, 1.54) is 0 Å². The molecule has 0 unspecified atom stereocenters. The molecule has 0 saturated heterocycles. The molecule has 0 aliphatic rings. The first kappa shape index (κ1) is 20.1. The molecule has 3 N–H and O–H groups in total. The number of aromatic nitrogens is 2. The highest BCUT2D eigenvalue weighted by atomic mass is 16.2. The third-order valence-electron chi connectivity index (χ3n) is 4.18. The fourth-order valence-electron chi connectivity index (χ4n) is 2.97. The van der Waals surface area contributed by atoms with Gasteiger partial charge in [0.05, 0.1) is 0 Å². The number of anilines is 5. The first-order valence-electron chi connectivity index (χ1n) is 9.35. The minimum atomic E-state index is -0.280. The highest BCUT2D eigenvalue weighted by Crippen LogP contribution is 2.21. The lowest BCUT2D eigenvalue weighted by atomic mass is 10.1. The largest absolute Gasteiger partial charge is 0.363 e. The van der Waals surface area contributed by atoms with Crippen LogP contribution in [-0.2, 0) is 0 Å². The van der Waals surface area contributed by atoms with Crippen LogP contribution in [0.2, 0.25) is 0 Å². The standard InChI is InChI=1S/C22H26N6O/c1-14-10-15(2)12-19(11-14)27-22(29)26-18-8-6-17(7-9-18)25-20-13-21(28(4)5)24-16(3)23-20/h6-13H,1-5H3,(H,23,24,25)(H2,26,27,29). The van der Waals surface area contributed by atoms with Gasteiger partial charge in [0.1, 0.15) is 17.5 Å². The molecular weight excluding hydrogens is 364 g/mol. The molecule has 3 rings (SSSR count). The maximum absolute atomic E-state index is 12.3. The van der Waals surface area contributed by atoms with Crippen molar-refractivity contribution in [1.29, 1.82) is 0 Å². The van der Waals surface area contributed by atoms with E-state index >= 15 is 0 Å². The number of hydrogen-bond acceptors (Lipinski definition) is 5. The molecule has 0 radical (unpaired) electrons. The van der Waals surface area contributed by atoms with E-state index in [4.69, 9.17) is 0 Å². The van der Waals surface area contributed by atoms with E-state index in [1.54, 1.807) is 0 Å². The molecule has 7 nitrogen and oxygen atoms in total. The van der Waals surface area contributed by atoms with Crippen LogP contribution in [0.5, 0.6) is 0 Å². The number of carbonyl (C=O) groups is 1. The van der Waals surface area contributed by atoms with Crippen LogP contribution < -0.4 is 20.9 Å². The summed E-state index contributed by atoms with van der Waals surface area (Å²) in [5, 5.41) is 8.97. The summed E-state index contributed by atoms with van der Waals surface area (Å²) in [5.41, 5.74) is 4.55. The zero-order valence-corrected chi connectivity index (χ0v) is 17.4. The molecule has 0 saturated carbocycles. The van der Waals surface area contributed by atoms with Crippen LogP contribution >= 0.6 is 0 Å². The highest BCUT2D eigenvalue weighted by molar-refractivity contribution is 5.99. The summed E-state index contributed by atoms with van der Waals surface area (Å²) < 4.78 is 0. The van der Waals surface area contributed by atoms with Crippen molar-refractivity contribution in [2.45, 2.75) is 20.8 Å². The normalized spacial score (nSPS) is 10.4. The van der Waals surface area contributed by atoms with Crippen molar-refractivity contribution in [3.05, 3.63) is 65.5 Å². The number of carbonyl (C=O) groups excluding carboxylic acids is 1. The Kier molecular flexibility index (Phi) is 5.97. The third kappa shape index (κ3) is 5.68. The summed E-state index contributed by atoms with van der Waals surface area (Å²) >= 11 is 0. The van der Waals surface area contributed by atoms with Gasteiger partial charge in [-0.15, -0.1) is 0 Å². The zero-order valence-electron chi connectivity index (χ0n) is 17.4. The van der Waals surface area contributed by atoms with Gasteiger partial charge in [-0.1, -0.05) is 6.07 Å². The molecule has 0 aliphatic heterocycles. The molecule has 150 valence electrons. The number of aryl methyl sites for hydroxylation is 3. The number of nitrogens with one attached hydrogen (secondary N) is 3. The molecule has 2 aromatic carbocycles. The van der Waals surface area contributed by atoms with Gasteiger partial charge < -0.3 is 20.9 Å². The maximum atomic E-state index is 12.3. The highest BCUT2D eigenvalue weighted by Gasteiger charge is 2.06. The number of urea groups is 1. The third-order valence-corrected chi connectivity index (χ3v) is 4.18. The Balaban J connectivity index is 1.63. The topological polar surface area (TPSA) is 82.2 Å². The van der Waals surface area contributed by atoms with Crippen LogP contribution in [-0.4, -0.2) is 30.1 Å². The number of amides is 2. The van der Waals surface area contributed by atoms with Crippen LogP contribution in [0.15, 0.2) is 48.5 Å². The van der Waals surface area contributed by atoms with Gasteiger partial charge in [0.2, 0.25) is 0 Å². The van der Waals surface area contributed by atoms with E-state index in [9.17, 15) is 4.79 Å². The molecule has 0 spiro atoms. The van der Waals surface area contributed by atoms with Crippen molar-refractivity contribution in [1.82, 2.24) is 9.97 Å². The van der Waals surface area contributed by atoms with Crippen LogP contribution in [0.1, 0.15) is 17.0 Å². The first-order valence-corrected chi connectivity index (χ1v) is 9.35. The molecular formula is C22H26N6O. The van der Waals surface area contributed by atoms with Crippen LogP contribution in [0, 0.1) is 20.8 Å². The number of rotatable bonds is 5. The SMILES string of the molecule is Cc1cc(C)cc(NC(=O)Nc2ccc(Nc3cc(N(C)C)nc(C)n3)cc2)c1. The minimum Gasteiger partial charge on any atom is -0.363 e. The lowest BCUT2D eigenvalue weighted by Gasteiger charge is -2.14. The molecule has 3 aromatic rings. The Morgan fingerprint density at radius 3 is 2.00 bits per heavy atom. The Hall–Kier alpha value is -3.61. The van der Waals surface area contributed by atoms with Gasteiger partial charge in [0, 0.05) is 37.2 Å². The summed E-state index contributed by atoms with van der Waals surface area (Å²) in [6, 6.07) is 15.0. The summed E-state index contributed by atoms with van der Waals surface area (Å²) in [4.78, 5) is 23.0. The average Bonchev–Trinajstić information content (AvgIpc) is 2.62. The van der Waals surface area contributed by atoms with E-state index in [1.807, 2.05) is 82.2 Å². The summed E-state index contributed by atoms with van der Waals surface area (Å²) in [7, 11) is 3.88. The van der Waals surface area contributed by atoms with E-state index in [0.717, 1.165) is 34.1 Å². The van der Waals surface area contributed by atoms with Gasteiger partial charge in [-0.05, 0) is 68.3 Å². The first-order chi connectivity index (χ1) is 13.8. The van der Waals surface area contributed by atoms with Crippen molar-refractivity contribution in [3.8, 4) is 0 Å². The van der Waals surface area contributed by atoms with Crippen LogP contribution in [0.4, 0.5) is 33.5 Å². The van der Waals surface area contributed by atoms with Crippen LogP contribution in [0.3, 0.4) is 0 Å². The molecule has 7 heteroatoms. The van der Waals surface area contributed by atoms with E-state index < -0.39 is 0 Å². The van der Waals surface area contributed by atoms with Crippen LogP contribution in [0.25, 0.3) is 0 Å². The average molecular weight is 390 g/mol. The maximum Gasteiger partial charge on any atom is 0.323 e. The molecule has 0 fully saturated rings. The number of hydrogen-bond donors (Lipinski definition) is 3. The van der Waals surface area contributed by atoms with E-state index in [2.05, 4.69) is 32.0 Å². The summed E-state index contributed by atoms with van der Waals surface area (Å²) in [6.45, 7) is 5.87. The molecule has 29 heavy (non-hydrogen) atoms. The van der Waals surface area contributed by atoms with Gasteiger partial charge in [-0.3, -0.25) is 0 Å². The summed E-state index contributed by atoms with van der Waals surface area (Å²) in [5.74, 6) is 2.25. The van der Waals surface area contributed by atoms with Crippen molar-refractivity contribution >= 4 is 34.7 Å². The zero-order chi connectivity index (χ0) is 21.0. The van der Waals surface area contributed by atoms with Crippen molar-refractivity contribution in [3.63, 3.8) is 0 Å². The van der Waals surface area contributed by atoms with Gasteiger partial charge in [-0.25, -0.2) is 14.8 Å². The smallest absolute Gasteiger partial charge is 0.323 e. The Morgan fingerprint density at radius 2 is 1.38 bits per heavy atom. The molecule has 1 heterocycles. The number of nitrogens with zero attached hydrogens (tertiary/aromatic N) is 3. The summed E-state index contributed by atoms with van der Waals surface area (Å²) in [6.07, 6.45) is 0. The van der Waals surface area contributed by atoms with Crippen molar-refractivity contribution in [2.24, 2.45) is 0 Å². The Bertz CT molecular complexity index is 994. The lowest BCUT2D eigenvalue weighted by Crippen LogP contribution is -2.19. The predicted molar refractivity (Wildman–Crippen MR) is 119 cm³/mol. The predicted octanol–water partition coefficient (Wildman–Crippen LogP) is 4.86. The second-order valence-corrected chi connectivity index (χ2v) is 7.21. The van der Waals surface area contributed by atoms with E-state index in [0.29, 0.717) is 11.5 Å². The molecule has 0 atom stereocenters. The fourth-order valence-corrected chi connectivity index (χ4v) is 2.97. The fraction of sp³-hybridized carbons (Fsp3) is 0.227. The second-order valence-electron chi connectivity index (χ2n) is 7.21. The van der Waals surface area contributed by atoms with Gasteiger partial charge in [-0.2, -0.15) is 0 Å². The van der Waals surface area contributed by atoms with Gasteiger partial charge >= 0.3 is 6.03 Å². The van der Waals surface area contributed by atoms with Gasteiger partial charge in [0.15, 0.2) is 0 Å². The quantitative estimate of drug-likeness (QED) is 0.580. The van der Waals surface area contributed by atoms with Crippen molar-refractivity contribution in [2.75, 3.05) is 34.9 Å². The van der Waals surface area contributed by atoms with E-state index in [-0.39, 0.29) is 6.03 Å². The lowest BCUT2D eigenvalue weighted by molar-refractivity contribution is 0.262. The second kappa shape index (κ2) is 8.60. The Labute approximate surface area is 171 Å². The van der Waals surface area contributed by atoms with Gasteiger partial charge in [0.25, 0.3) is 0 Å². The van der Waals surface area contributed by atoms with Crippen molar-refractivity contribution < 1.29 is 4.79 Å². The molecule has 0 aliphatic carbocycles. The Morgan fingerprint density at radius 1 is 0.793 bits per heavy atom.